The number of likely N-dealkylation sites (tertiary alicyclic amines) is 1. The van der Waals surface area contributed by atoms with Gasteiger partial charge in [0.1, 0.15) is 17.0 Å². The minimum atomic E-state index is -4.10. The van der Waals surface area contributed by atoms with Gasteiger partial charge in [0.2, 0.25) is 15.9 Å². The number of carboxylic acids is 1. The molecule has 1 aromatic carbocycles. The molecule has 2 unspecified atom stereocenters. The third-order valence-corrected chi connectivity index (χ3v) is 8.13. The number of rotatable bonds is 9. The SMILES string of the molecule is CC1CNc2c(cccc2S(=O)(=O)NC(CCCNC(=N)N)C(=O)N2CC[C@@H](C)C[C@@H]2C(=O)O)C1.CCO.O. The van der Waals surface area contributed by atoms with Gasteiger partial charge in [-0.15, -0.1) is 0 Å². The first kappa shape index (κ1) is 34.1. The summed E-state index contributed by atoms with van der Waals surface area (Å²) in [7, 11) is -4.10. The van der Waals surface area contributed by atoms with Gasteiger partial charge >= 0.3 is 5.97 Å². The maximum absolute atomic E-state index is 13.5. The molecule has 1 fully saturated rings. The molecule has 2 aliphatic heterocycles. The molecule has 39 heavy (non-hydrogen) atoms. The topological polar surface area (TPSA) is 229 Å². The second-order valence-corrected chi connectivity index (χ2v) is 11.7. The first-order chi connectivity index (χ1) is 17.9. The molecule has 13 nitrogen and oxygen atoms in total. The van der Waals surface area contributed by atoms with Crippen molar-refractivity contribution < 1.29 is 33.7 Å². The minimum Gasteiger partial charge on any atom is -0.480 e. The Morgan fingerprint density at radius 1 is 1.28 bits per heavy atom. The number of hydrogen-bond donors (Lipinski definition) is 7. The number of aliphatic hydroxyl groups is 1. The average Bonchev–Trinajstić information content (AvgIpc) is 2.85. The smallest absolute Gasteiger partial charge is 0.326 e. The van der Waals surface area contributed by atoms with Crippen molar-refractivity contribution >= 4 is 33.5 Å². The van der Waals surface area contributed by atoms with Crippen LogP contribution < -0.4 is 21.1 Å². The average molecular weight is 573 g/mol. The quantitative estimate of drug-likeness (QED) is 0.121. The Morgan fingerprint density at radius 2 is 1.95 bits per heavy atom. The first-order valence-electron chi connectivity index (χ1n) is 13.0. The molecule has 2 aliphatic rings. The first-order valence-corrected chi connectivity index (χ1v) is 14.5. The molecular weight excluding hydrogens is 528 g/mol. The molecule has 1 aromatic rings. The van der Waals surface area contributed by atoms with Gasteiger partial charge < -0.3 is 37.0 Å². The van der Waals surface area contributed by atoms with E-state index in [-0.39, 0.29) is 48.4 Å². The number of carbonyl (C=O) groups excluding carboxylic acids is 1. The van der Waals surface area contributed by atoms with E-state index in [0.29, 0.717) is 37.4 Å². The highest BCUT2D eigenvalue weighted by atomic mass is 32.2. The molecule has 0 radical (unpaired) electrons. The zero-order chi connectivity index (χ0) is 28.5. The second kappa shape index (κ2) is 15.6. The van der Waals surface area contributed by atoms with E-state index >= 15 is 0 Å². The summed E-state index contributed by atoms with van der Waals surface area (Å²) in [4.78, 5) is 26.8. The van der Waals surface area contributed by atoms with Gasteiger partial charge in [-0.05, 0) is 62.5 Å². The molecule has 0 bridgehead atoms. The normalized spacial score (nSPS) is 21.1. The third-order valence-electron chi connectivity index (χ3n) is 6.61. The summed E-state index contributed by atoms with van der Waals surface area (Å²) in [6.07, 6.45) is 2.19. The van der Waals surface area contributed by atoms with Crippen LogP contribution in [0.15, 0.2) is 23.1 Å². The highest BCUT2D eigenvalue weighted by Crippen LogP contribution is 2.31. The van der Waals surface area contributed by atoms with Gasteiger partial charge in [0.25, 0.3) is 0 Å². The summed E-state index contributed by atoms with van der Waals surface area (Å²) in [6, 6.07) is 2.93. The fourth-order valence-electron chi connectivity index (χ4n) is 4.75. The largest absolute Gasteiger partial charge is 0.480 e. The van der Waals surface area contributed by atoms with Crippen LogP contribution in [0, 0.1) is 17.2 Å². The van der Waals surface area contributed by atoms with Gasteiger partial charge in [-0.3, -0.25) is 10.2 Å². The van der Waals surface area contributed by atoms with Gasteiger partial charge in [-0.2, -0.15) is 4.72 Å². The number of piperidine rings is 1. The number of nitrogens with zero attached hydrogens (tertiary/aromatic N) is 1. The molecule has 0 aromatic heterocycles. The van der Waals surface area contributed by atoms with Crippen molar-refractivity contribution in [2.24, 2.45) is 17.6 Å². The Morgan fingerprint density at radius 3 is 2.56 bits per heavy atom. The summed E-state index contributed by atoms with van der Waals surface area (Å²) < 4.78 is 29.5. The Balaban J connectivity index is 0.00000181. The molecular formula is C25H44N6O7S. The van der Waals surface area contributed by atoms with Crippen LogP contribution in [0.1, 0.15) is 52.0 Å². The van der Waals surface area contributed by atoms with Crippen molar-refractivity contribution in [2.45, 2.75) is 69.9 Å². The Labute approximate surface area is 230 Å². The highest BCUT2D eigenvalue weighted by Gasteiger charge is 2.39. The molecule has 1 amide bonds. The molecule has 3 rings (SSSR count). The number of nitrogens with two attached hydrogens (primary N) is 1. The molecule has 222 valence electrons. The van der Waals surface area contributed by atoms with Crippen molar-refractivity contribution in [1.29, 1.82) is 5.41 Å². The summed E-state index contributed by atoms with van der Waals surface area (Å²) in [5.74, 6) is -1.35. The summed E-state index contributed by atoms with van der Waals surface area (Å²) in [5.41, 5.74) is 6.75. The molecule has 0 aliphatic carbocycles. The number of carbonyl (C=O) groups is 2. The number of benzene rings is 1. The van der Waals surface area contributed by atoms with Crippen molar-refractivity contribution in [3.63, 3.8) is 0 Å². The van der Waals surface area contributed by atoms with Crippen molar-refractivity contribution in [2.75, 3.05) is 31.6 Å². The maximum Gasteiger partial charge on any atom is 0.326 e. The number of para-hydroxylation sites is 1. The van der Waals surface area contributed by atoms with Crippen LogP contribution in [0.2, 0.25) is 0 Å². The van der Waals surface area contributed by atoms with Crippen molar-refractivity contribution in [3.05, 3.63) is 23.8 Å². The molecule has 0 saturated carbocycles. The number of carboxylic acid groups (broad SMARTS) is 1. The number of hydrogen-bond acceptors (Lipinski definition) is 7. The van der Waals surface area contributed by atoms with Crippen molar-refractivity contribution in [3.8, 4) is 0 Å². The molecule has 14 heteroatoms. The number of aliphatic carboxylic acids is 1. The standard InChI is InChI=1S/C23H36N6O5S.C2H6O.H2O/c1-14-8-10-29(18(12-14)22(31)32)21(30)17(6-4-9-26-23(24)25)28-35(33,34)19-7-3-5-16-11-15(2)13-27-20(16)19;1-2-3;/h3,5,7,14-15,17-18,27-28H,4,6,8-13H2,1-2H3,(H,31,32)(H4,24,25,26);3H,2H2,1H3;1H2/t14-,15?,17?,18-;;/m1../s1. The van der Waals surface area contributed by atoms with E-state index in [1.807, 2.05) is 13.0 Å². The number of anilines is 1. The van der Waals surface area contributed by atoms with Gasteiger partial charge in [-0.25, -0.2) is 13.2 Å². The highest BCUT2D eigenvalue weighted by molar-refractivity contribution is 7.89. The van der Waals surface area contributed by atoms with Crippen LogP contribution in [0.25, 0.3) is 0 Å². The van der Waals surface area contributed by atoms with E-state index in [4.69, 9.17) is 16.2 Å². The van der Waals surface area contributed by atoms with Gasteiger partial charge in [0, 0.05) is 26.2 Å². The number of nitrogens with one attached hydrogen (secondary N) is 4. The molecule has 10 N–H and O–H groups in total. The lowest BCUT2D eigenvalue weighted by atomic mass is 9.91. The van der Waals surface area contributed by atoms with E-state index in [1.165, 1.54) is 11.0 Å². The summed E-state index contributed by atoms with van der Waals surface area (Å²) >= 11 is 0. The number of fused-ring (bicyclic) bond motifs is 1. The molecule has 0 spiro atoms. The number of amides is 1. The van der Waals surface area contributed by atoms with Gasteiger partial charge in [0.15, 0.2) is 5.96 Å². The van der Waals surface area contributed by atoms with Crippen molar-refractivity contribution in [1.82, 2.24) is 14.9 Å². The molecule has 2 heterocycles. The van der Waals surface area contributed by atoms with E-state index in [9.17, 15) is 23.1 Å². The lowest BCUT2D eigenvalue weighted by Gasteiger charge is -2.38. The molecule has 4 atom stereocenters. The fraction of sp³-hybridized carbons (Fsp3) is 0.640. The number of aliphatic hydroxyl groups excluding tert-OH is 1. The van der Waals surface area contributed by atoms with Crippen LogP contribution in [0.4, 0.5) is 5.69 Å². The van der Waals surface area contributed by atoms with Crippen LogP contribution >= 0.6 is 0 Å². The maximum atomic E-state index is 13.5. The van der Waals surface area contributed by atoms with E-state index in [2.05, 4.69) is 22.3 Å². The number of guanidine groups is 1. The predicted octanol–water partition coefficient (Wildman–Crippen LogP) is 0.0865. The Bertz CT molecular complexity index is 1080. The van der Waals surface area contributed by atoms with E-state index in [0.717, 1.165) is 12.0 Å². The molecule has 1 saturated heterocycles. The summed E-state index contributed by atoms with van der Waals surface area (Å²) in [5, 5.41) is 30.4. The van der Waals surface area contributed by atoms with E-state index < -0.39 is 34.0 Å². The van der Waals surface area contributed by atoms with Gasteiger partial charge in [-0.1, -0.05) is 26.0 Å². The van der Waals surface area contributed by atoms with E-state index in [1.54, 1.807) is 13.0 Å². The lowest BCUT2D eigenvalue weighted by molar-refractivity contribution is -0.153. The van der Waals surface area contributed by atoms with Crippen LogP contribution in [0.5, 0.6) is 0 Å². The summed E-state index contributed by atoms with van der Waals surface area (Å²) in [6.45, 7) is 7.13. The van der Waals surface area contributed by atoms with Crippen LogP contribution in [-0.4, -0.2) is 85.2 Å². The lowest BCUT2D eigenvalue weighted by Crippen LogP contribution is -2.56. The third kappa shape index (κ3) is 9.64. The Kier molecular flexibility index (Phi) is 13.6. The minimum absolute atomic E-state index is 0. The fourth-order valence-corrected chi connectivity index (χ4v) is 6.20. The zero-order valence-corrected chi connectivity index (χ0v) is 23.7. The van der Waals surface area contributed by atoms with Crippen LogP contribution in [-0.2, 0) is 26.0 Å². The Hall–Kier alpha value is -2.94. The monoisotopic (exact) mass is 572 g/mol. The second-order valence-electron chi connectivity index (χ2n) is 9.97. The predicted molar refractivity (Wildman–Crippen MR) is 149 cm³/mol. The zero-order valence-electron chi connectivity index (χ0n) is 22.9. The van der Waals surface area contributed by atoms with Crippen LogP contribution in [0.3, 0.4) is 0 Å². The van der Waals surface area contributed by atoms with Gasteiger partial charge in [0.05, 0.1) is 5.69 Å². The number of sulfonamides is 1.